The summed E-state index contributed by atoms with van der Waals surface area (Å²) in [7, 11) is -3.90. The summed E-state index contributed by atoms with van der Waals surface area (Å²) >= 11 is 0. The van der Waals surface area contributed by atoms with Crippen molar-refractivity contribution in [3.05, 3.63) is 29.3 Å². The number of nitrogens with zero attached hydrogens (tertiary/aromatic N) is 1. The molecule has 0 unspecified atom stereocenters. The molecule has 0 saturated heterocycles. The molecule has 8 heteroatoms. The van der Waals surface area contributed by atoms with Crippen molar-refractivity contribution in [1.82, 2.24) is 9.62 Å². The minimum atomic E-state index is -3.90. The minimum Gasteiger partial charge on any atom is -0.381 e. The van der Waals surface area contributed by atoms with E-state index < -0.39 is 22.0 Å². The summed E-state index contributed by atoms with van der Waals surface area (Å²) in [5.74, 6) is -0.193. The van der Waals surface area contributed by atoms with Crippen molar-refractivity contribution in [2.75, 3.05) is 19.8 Å². The third-order valence-electron chi connectivity index (χ3n) is 4.48. The van der Waals surface area contributed by atoms with Gasteiger partial charge >= 0.3 is 0 Å². The molecule has 1 N–H and O–H groups in total. The topological polar surface area (TPSA) is 92.8 Å². The number of carbonyl (C=O) groups is 2. The summed E-state index contributed by atoms with van der Waals surface area (Å²) in [5.41, 5.74) is 0.341. The zero-order valence-corrected chi connectivity index (χ0v) is 15.8. The molecule has 0 radical (unpaired) electrons. The summed E-state index contributed by atoms with van der Waals surface area (Å²) in [5, 5.41) is 2.75. The number of carbonyl (C=O) groups excluding carboxylic acids is 2. The lowest BCUT2D eigenvalue weighted by Crippen LogP contribution is -2.36. The van der Waals surface area contributed by atoms with E-state index in [2.05, 4.69) is 5.32 Å². The molecule has 142 valence electrons. The van der Waals surface area contributed by atoms with Crippen LogP contribution in [-0.4, -0.2) is 50.3 Å². The van der Waals surface area contributed by atoms with Crippen molar-refractivity contribution < 1.29 is 22.7 Å². The Labute approximate surface area is 153 Å². The summed E-state index contributed by atoms with van der Waals surface area (Å²) in [4.78, 5) is 24.4. The lowest BCUT2D eigenvalue weighted by Gasteiger charge is -2.18. The van der Waals surface area contributed by atoms with E-state index >= 15 is 0 Å². The van der Waals surface area contributed by atoms with Crippen molar-refractivity contribution >= 4 is 21.8 Å². The molecule has 1 heterocycles. The fourth-order valence-corrected chi connectivity index (χ4v) is 4.71. The van der Waals surface area contributed by atoms with Gasteiger partial charge in [0, 0.05) is 31.4 Å². The number of hydrogen-bond donors (Lipinski definition) is 1. The number of benzene rings is 1. The fourth-order valence-electron chi connectivity index (χ4n) is 2.91. The Balaban J connectivity index is 1.61. The monoisotopic (exact) mass is 380 g/mol. The van der Waals surface area contributed by atoms with Crippen LogP contribution in [0.2, 0.25) is 0 Å². The van der Waals surface area contributed by atoms with Crippen molar-refractivity contribution in [1.29, 1.82) is 0 Å². The van der Waals surface area contributed by atoms with Crippen LogP contribution in [0.25, 0.3) is 0 Å². The Bertz CT molecular complexity index is 815. The summed E-state index contributed by atoms with van der Waals surface area (Å²) in [6, 6.07) is 3.69. The SMILES string of the molecule is CC(C)N1C(=O)c2ccc(C(=O)NCCCOCC3CC3)cc2S1(=O)=O. The van der Waals surface area contributed by atoms with Gasteiger partial charge in [-0.3, -0.25) is 9.59 Å². The van der Waals surface area contributed by atoms with E-state index in [0.717, 1.165) is 10.9 Å². The number of sulfonamides is 1. The second-order valence-electron chi connectivity index (χ2n) is 7.04. The number of amides is 2. The van der Waals surface area contributed by atoms with Gasteiger partial charge in [-0.1, -0.05) is 0 Å². The van der Waals surface area contributed by atoms with Crippen LogP contribution in [0.5, 0.6) is 0 Å². The van der Waals surface area contributed by atoms with Crippen molar-refractivity contribution in [2.24, 2.45) is 5.92 Å². The quantitative estimate of drug-likeness (QED) is 0.694. The van der Waals surface area contributed by atoms with Gasteiger partial charge in [0.05, 0.1) is 5.56 Å². The second-order valence-corrected chi connectivity index (χ2v) is 8.82. The average molecular weight is 380 g/mol. The Kier molecular flexibility index (Phi) is 5.34. The Morgan fingerprint density at radius 2 is 2.08 bits per heavy atom. The Hall–Kier alpha value is -1.93. The molecule has 1 fully saturated rings. The summed E-state index contributed by atoms with van der Waals surface area (Å²) in [6.07, 6.45) is 3.19. The molecule has 2 aliphatic rings. The van der Waals surface area contributed by atoms with Gasteiger partial charge in [0.15, 0.2) is 0 Å². The number of rotatable bonds is 8. The number of fused-ring (bicyclic) bond motifs is 1. The van der Waals surface area contributed by atoms with E-state index in [9.17, 15) is 18.0 Å². The largest absolute Gasteiger partial charge is 0.381 e. The molecule has 26 heavy (non-hydrogen) atoms. The third-order valence-corrected chi connectivity index (χ3v) is 6.48. The van der Waals surface area contributed by atoms with E-state index in [-0.39, 0.29) is 21.9 Å². The highest BCUT2D eigenvalue weighted by molar-refractivity contribution is 7.90. The average Bonchev–Trinajstić information content (AvgIpc) is 3.37. The van der Waals surface area contributed by atoms with E-state index in [0.29, 0.717) is 25.5 Å². The van der Waals surface area contributed by atoms with Crippen LogP contribution in [-0.2, 0) is 14.8 Å². The Morgan fingerprint density at radius 1 is 1.35 bits per heavy atom. The fraction of sp³-hybridized carbons (Fsp3) is 0.556. The third kappa shape index (κ3) is 3.76. The lowest BCUT2D eigenvalue weighted by molar-refractivity contribution is 0.0845. The molecule has 7 nitrogen and oxygen atoms in total. The van der Waals surface area contributed by atoms with Crippen LogP contribution in [0.3, 0.4) is 0 Å². The van der Waals surface area contributed by atoms with Crippen molar-refractivity contribution in [2.45, 2.75) is 44.0 Å². The molecule has 1 saturated carbocycles. The standard InChI is InChI=1S/C18H24N2O5S/c1-12(2)20-18(22)15-7-6-14(10-16(15)26(20,23)24)17(21)19-8-3-9-25-11-13-4-5-13/h6-7,10,12-13H,3-5,8-9,11H2,1-2H3,(H,19,21). The molecule has 1 aliphatic carbocycles. The summed E-state index contributed by atoms with van der Waals surface area (Å²) < 4.78 is 31.5. The molecule has 0 spiro atoms. The maximum absolute atomic E-state index is 12.6. The second kappa shape index (κ2) is 7.36. The molecular weight excluding hydrogens is 356 g/mol. The van der Waals surface area contributed by atoms with Crippen molar-refractivity contribution in [3.8, 4) is 0 Å². The first-order chi connectivity index (χ1) is 12.3. The number of nitrogens with one attached hydrogen (secondary N) is 1. The normalized spacial score (nSPS) is 18.3. The van der Waals surface area contributed by atoms with E-state index in [4.69, 9.17) is 4.74 Å². The van der Waals surface area contributed by atoms with Crippen LogP contribution in [0.1, 0.15) is 53.8 Å². The highest BCUT2D eigenvalue weighted by Crippen LogP contribution is 2.32. The van der Waals surface area contributed by atoms with Gasteiger partial charge in [-0.2, -0.15) is 0 Å². The van der Waals surface area contributed by atoms with Crippen LogP contribution in [0, 0.1) is 5.92 Å². The molecule has 0 bridgehead atoms. The first-order valence-electron chi connectivity index (χ1n) is 8.91. The van der Waals surface area contributed by atoms with Crippen molar-refractivity contribution in [3.63, 3.8) is 0 Å². The van der Waals surface area contributed by atoms with Gasteiger partial charge in [0.2, 0.25) is 0 Å². The predicted octanol–water partition coefficient (Wildman–Crippen LogP) is 1.79. The summed E-state index contributed by atoms with van der Waals surface area (Å²) in [6.45, 7) is 5.11. The smallest absolute Gasteiger partial charge is 0.269 e. The highest BCUT2D eigenvalue weighted by atomic mass is 32.2. The van der Waals surface area contributed by atoms with Gasteiger partial charge < -0.3 is 10.1 Å². The molecule has 1 aliphatic heterocycles. The first-order valence-corrected chi connectivity index (χ1v) is 10.3. The molecule has 2 amide bonds. The van der Waals surface area contributed by atoms with Gasteiger partial charge in [0.1, 0.15) is 4.90 Å². The highest BCUT2D eigenvalue weighted by Gasteiger charge is 2.42. The van der Waals surface area contributed by atoms with Gasteiger partial charge in [0.25, 0.3) is 21.8 Å². The predicted molar refractivity (Wildman–Crippen MR) is 95.4 cm³/mol. The van der Waals surface area contributed by atoms with Crippen LogP contribution in [0.15, 0.2) is 23.1 Å². The van der Waals surface area contributed by atoms with Crippen LogP contribution < -0.4 is 5.32 Å². The zero-order chi connectivity index (χ0) is 18.9. The van der Waals surface area contributed by atoms with Crippen LogP contribution >= 0.6 is 0 Å². The molecular formula is C18H24N2O5S. The number of hydrogen-bond acceptors (Lipinski definition) is 5. The molecule has 1 aromatic rings. The molecule has 3 rings (SSSR count). The van der Waals surface area contributed by atoms with Gasteiger partial charge in [-0.05, 0) is 57.2 Å². The van der Waals surface area contributed by atoms with E-state index in [1.54, 1.807) is 13.8 Å². The zero-order valence-electron chi connectivity index (χ0n) is 15.0. The van der Waals surface area contributed by atoms with E-state index in [1.165, 1.54) is 31.0 Å². The molecule has 0 aromatic heterocycles. The molecule has 1 aromatic carbocycles. The van der Waals surface area contributed by atoms with Crippen LogP contribution in [0.4, 0.5) is 0 Å². The Morgan fingerprint density at radius 3 is 2.73 bits per heavy atom. The maximum atomic E-state index is 12.6. The van der Waals surface area contributed by atoms with Gasteiger partial charge in [-0.25, -0.2) is 12.7 Å². The maximum Gasteiger partial charge on any atom is 0.269 e. The minimum absolute atomic E-state index is 0.100. The lowest BCUT2D eigenvalue weighted by atomic mass is 10.1. The number of ether oxygens (including phenoxy) is 1. The van der Waals surface area contributed by atoms with Gasteiger partial charge in [-0.15, -0.1) is 0 Å². The first kappa shape index (κ1) is 18.8. The molecule has 0 atom stereocenters. The van der Waals surface area contributed by atoms with E-state index in [1.807, 2.05) is 0 Å².